The van der Waals surface area contributed by atoms with E-state index in [0.29, 0.717) is 24.4 Å². The van der Waals surface area contributed by atoms with E-state index in [1.165, 1.54) is 12.1 Å². The molecule has 0 bridgehead atoms. The summed E-state index contributed by atoms with van der Waals surface area (Å²) in [6.45, 7) is 4.82. The van der Waals surface area contributed by atoms with Crippen LogP contribution in [0.15, 0.2) is 46.9 Å². The molecule has 0 spiro atoms. The summed E-state index contributed by atoms with van der Waals surface area (Å²) < 4.78 is 28.1. The highest BCUT2D eigenvalue weighted by Gasteiger charge is 2.22. The van der Waals surface area contributed by atoms with Crippen LogP contribution in [0.4, 0.5) is 8.78 Å². The molecule has 30 heavy (non-hydrogen) atoms. The van der Waals surface area contributed by atoms with Crippen molar-refractivity contribution in [2.24, 2.45) is 5.92 Å². The second-order valence-electron chi connectivity index (χ2n) is 7.92. The Bertz CT molecular complexity index is 812. The van der Waals surface area contributed by atoms with Gasteiger partial charge in [0.05, 0.1) is 12.1 Å². The van der Waals surface area contributed by atoms with Crippen molar-refractivity contribution in [3.05, 3.63) is 69.7 Å². The molecule has 3 N–H and O–H groups in total. The summed E-state index contributed by atoms with van der Waals surface area (Å²) in [4.78, 5) is 12.3. The van der Waals surface area contributed by atoms with Gasteiger partial charge in [0.2, 0.25) is 5.91 Å². The highest BCUT2D eigenvalue weighted by molar-refractivity contribution is 9.10. The minimum atomic E-state index is -0.925. The molecule has 0 saturated heterocycles. The van der Waals surface area contributed by atoms with Gasteiger partial charge < -0.3 is 15.7 Å². The number of aliphatic hydroxyl groups excluding tert-OH is 1. The smallest absolute Gasteiger partial charge is 0.220 e. The zero-order chi connectivity index (χ0) is 22.1. The van der Waals surface area contributed by atoms with Crippen LogP contribution < -0.4 is 10.6 Å². The summed E-state index contributed by atoms with van der Waals surface area (Å²) in [7, 11) is 0. The maximum Gasteiger partial charge on any atom is 0.220 e. The molecule has 0 saturated carbocycles. The molecule has 0 fully saturated rings. The van der Waals surface area contributed by atoms with Crippen LogP contribution in [0.3, 0.4) is 0 Å². The zero-order valence-electron chi connectivity index (χ0n) is 17.3. The Kier molecular flexibility index (Phi) is 9.88. The van der Waals surface area contributed by atoms with E-state index in [1.54, 1.807) is 0 Å². The van der Waals surface area contributed by atoms with E-state index in [0.717, 1.165) is 22.5 Å². The minimum absolute atomic E-state index is 0.127. The van der Waals surface area contributed by atoms with Gasteiger partial charge >= 0.3 is 0 Å². The van der Waals surface area contributed by atoms with Crippen LogP contribution in [0, 0.1) is 17.6 Å². The van der Waals surface area contributed by atoms with Gasteiger partial charge in [0.15, 0.2) is 0 Å². The lowest BCUT2D eigenvalue weighted by molar-refractivity contribution is -0.122. The van der Waals surface area contributed by atoms with Crippen molar-refractivity contribution in [1.29, 1.82) is 0 Å². The summed E-state index contributed by atoms with van der Waals surface area (Å²) in [6.07, 6.45) is 0.266. The molecule has 0 aromatic heterocycles. The third-order valence-corrected chi connectivity index (χ3v) is 5.20. The van der Waals surface area contributed by atoms with E-state index in [1.807, 2.05) is 38.1 Å². The quantitative estimate of drug-likeness (QED) is 0.446. The van der Waals surface area contributed by atoms with Crippen LogP contribution in [0.5, 0.6) is 0 Å². The van der Waals surface area contributed by atoms with Gasteiger partial charge in [-0.2, -0.15) is 0 Å². The maximum absolute atomic E-state index is 13.6. The summed E-state index contributed by atoms with van der Waals surface area (Å²) in [6, 6.07) is 10.4. The highest BCUT2D eigenvalue weighted by Crippen LogP contribution is 2.14. The summed E-state index contributed by atoms with van der Waals surface area (Å²) in [5.41, 5.74) is 1.42. The molecule has 4 nitrogen and oxygen atoms in total. The molecular weight excluding hydrogens is 454 g/mol. The van der Waals surface area contributed by atoms with Gasteiger partial charge in [0.1, 0.15) is 11.6 Å². The molecule has 2 atom stereocenters. The average molecular weight is 483 g/mol. The summed E-state index contributed by atoms with van der Waals surface area (Å²) >= 11 is 3.42. The van der Waals surface area contributed by atoms with Gasteiger partial charge in [-0.25, -0.2) is 8.78 Å². The Labute approximate surface area is 185 Å². The van der Waals surface area contributed by atoms with E-state index < -0.39 is 23.8 Å². The third-order valence-electron chi connectivity index (χ3n) is 4.71. The average Bonchev–Trinajstić information content (AvgIpc) is 2.65. The van der Waals surface area contributed by atoms with Crippen LogP contribution in [-0.2, 0) is 17.8 Å². The fraction of sp³-hybridized carbons (Fsp3) is 0.435. The lowest BCUT2D eigenvalue weighted by Crippen LogP contribution is -2.48. The van der Waals surface area contributed by atoms with Gasteiger partial charge in [0, 0.05) is 30.0 Å². The van der Waals surface area contributed by atoms with Gasteiger partial charge in [-0.15, -0.1) is 0 Å². The maximum atomic E-state index is 13.6. The lowest BCUT2D eigenvalue weighted by atomic mass is 10.00. The predicted octanol–water partition coefficient (Wildman–Crippen LogP) is 4.34. The van der Waals surface area contributed by atoms with Crippen LogP contribution >= 0.6 is 15.9 Å². The molecule has 164 valence electrons. The van der Waals surface area contributed by atoms with E-state index >= 15 is 0 Å². The molecule has 0 aliphatic heterocycles. The fourth-order valence-electron chi connectivity index (χ4n) is 3.12. The summed E-state index contributed by atoms with van der Waals surface area (Å²) in [5, 5.41) is 16.7. The molecule has 1 amide bonds. The van der Waals surface area contributed by atoms with Crippen LogP contribution in [0.25, 0.3) is 0 Å². The predicted molar refractivity (Wildman–Crippen MR) is 118 cm³/mol. The third kappa shape index (κ3) is 8.90. The Morgan fingerprint density at radius 3 is 2.43 bits per heavy atom. The van der Waals surface area contributed by atoms with Crippen molar-refractivity contribution in [3.8, 4) is 0 Å². The largest absolute Gasteiger partial charge is 0.390 e. The van der Waals surface area contributed by atoms with Gasteiger partial charge in [-0.05, 0) is 54.2 Å². The second-order valence-corrected chi connectivity index (χ2v) is 8.83. The topological polar surface area (TPSA) is 61.4 Å². The minimum Gasteiger partial charge on any atom is -0.390 e. The van der Waals surface area contributed by atoms with Crippen molar-refractivity contribution in [2.45, 2.75) is 51.8 Å². The number of benzene rings is 2. The number of halogens is 3. The molecule has 0 unspecified atom stereocenters. The van der Waals surface area contributed by atoms with Crippen molar-refractivity contribution in [3.63, 3.8) is 0 Å². The molecule has 0 radical (unpaired) electrons. The Balaban J connectivity index is 2.01. The molecule has 2 aromatic carbocycles. The molecule has 0 heterocycles. The van der Waals surface area contributed by atoms with Crippen LogP contribution in [0.2, 0.25) is 0 Å². The van der Waals surface area contributed by atoms with Crippen molar-refractivity contribution in [2.75, 3.05) is 6.54 Å². The number of hydrogen-bond donors (Lipinski definition) is 3. The molecular formula is C23H29BrF2N2O2. The number of carbonyl (C=O) groups excluding carboxylic acids is 1. The van der Waals surface area contributed by atoms with E-state index in [9.17, 15) is 18.7 Å². The first-order chi connectivity index (χ1) is 14.2. The zero-order valence-corrected chi connectivity index (χ0v) is 18.9. The molecule has 0 aliphatic carbocycles. The van der Waals surface area contributed by atoms with Crippen molar-refractivity contribution < 1.29 is 18.7 Å². The van der Waals surface area contributed by atoms with Gasteiger partial charge in [-0.1, -0.05) is 41.9 Å². The SMILES string of the molecule is CC(C)CCC(=O)N[C@@H](Cc1cc(F)cc(F)c1)[C@H](O)CNCc1cccc(Br)c1. The molecule has 7 heteroatoms. The first kappa shape index (κ1) is 24.4. The van der Waals surface area contributed by atoms with Gasteiger partial charge in [0.25, 0.3) is 0 Å². The van der Waals surface area contributed by atoms with Crippen molar-refractivity contribution >= 4 is 21.8 Å². The number of aliphatic hydroxyl groups is 1. The van der Waals surface area contributed by atoms with Gasteiger partial charge in [-0.3, -0.25) is 4.79 Å². The number of amides is 1. The number of rotatable bonds is 11. The fourth-order valence-corrected chi connectivity index (χ4v) is 3.56. The Morgan fingerprint density at radius 2 is 1.80 bits per heavy atom. The molecule has 2 aromatic rings. The normalized spacial score (nSPS) is 13.3. The number of hydrogen-bond acceptors (Lipinski definition) is 3. The molecule has 0 aliphatic rings. The number of carbonyl (C=O) groups is 1. The Morgan fingerprint density at radius 1 is 1.10 bits per heavy atom. The van der Waals surface area contributed by atoms with E-state index in [-0.39, 0.29) is 18.9 Å². The first-order valence-corrected chi connectivity index (χ1v) is 10.9. The lowest BCUT2D eigenvalue weighted by Gasteiger charge is -2.25. The van der Waals surface area contributed by atoms with Crippen LogP contribution in [0.1, 0.15) is 37.8 Å². The number of nitrogens with one attached hydrogen (secondary N) is 2. The molecule has 2 rings (SSSR count). The standard InChI is InChI=1S/C23H29BrF2N2O2/c1-15(2)6-7-23(30)28-21(11-17-9-19(25)12-20(26)10-17)22(29)14-27-13-16-4-3-5-18(24)8-16/h3-5,8-10,12,15,21-22,27,29H,6-7,11,13-14H2,1-2H3,(H,28,30)/t21-,22+/m0/s1. The second kappa shape index (κ2) is 12.1. The highest BCUT2D eigenvalue weighted by atomic mass is 79.9. The van der Waals surface area contributed by atoms with E-state index in [4.69, 9.17) is 0 Å². The van der Waals surface area contributed by atoms with Crippen LogP contribution in [-0.4, -0.2) is 29.7 Å². The van der Waals surface area contributed by atoms with Crippen molar-refractivity contribution in [1.82, 2.24) is 10.6 Å². The first-order valence-electron chi connectivity index (χ1n) is 10.1. The van der Waals surface area contributed by atoms with E-state index in [2.05, 4.69) is 26.6 Å². The monoisotopic (exact) mass is 482 g/mol. The summed E-state index contributed by atoms with van der Waals surface area (Å²) in [5.74, 6) is -1.17. The Hall–Kier alpha value is -1.83.